The molecule has 0 saturated carbocycles. The Morgan fingerprint density at radius 3 is 2.83 bits per heavy atom. The van der Waals surface area contributed by atoms with Gasteiger partial charge in [-0.3, -0.25) is 9.69 Å². The number of rotatable bonds is 2. The summed E-state index contributed by atoms with van der Waals surface area (Å²) in [5.41, 5.74) is 0. The van der Waals surface area contributed by atoms with E-state index in [1.165, 1.54) is 0 Å². The predicted octanol–water partition coefficient (Wildman–Crippen LogP) is 0.278. The summed E-state index contributed by atoms with van der Waals surface area (Å²) in [7, 11) is 0. The number of nitrogens with zero attached hydrogens (tertiary/aromatic N) is 1. The van der Waals surface area contributed by atoms with Gasteiger partial charge in [-0.1, -0.05) is 6.92 Å². The van der Waals surface area contributed by atoms with Crippen molar-refractivity contribution in [1.82, 2.24) is 4.90 Å². The van der Waals surface area contributed by atoms with E-state index in [1.54, 1.807) is 6.92 Å². The lowest BCUT2D eigenvalue weighted by Crippen LogP contribution is -2.43. The molecule has 1 rings (SSSR count). The smallest absolute Gasteiger partial charge is 0.143 e. The lowest BCUT2D eigenvalue weighted by molar-refractivity contribution is -0.119. The molecule has 3 nitrogen and oxygen atoms in total. The number of piperidine rings is 1. The number of ketones is 1. The van der Waals surface area contributed by atoms with Crippen LogP contribution in [-0.2, 0) is 4.79 Å². The molecule has 1 N–H and O–H groups in total. The van der Waals surface area contributed by atoms with Crippen molar-refractivity contribution in [2.24, 2.45) is 5.92 Å². The van der Waals surface area contributed by atoms with Crippen LogP contribution in [0.5, 0.6) is 0 Å². The van der Waals surface area contributed by atoms with Crippen LogP contribution in [0.3, 0.4) is 0 Å². The van der Waals surface area contributed by atoms with E-state index in [1.807, 2.05) is 6.92 Å². The maximum absolute atomic E-state index is 10.8. The Labute approximate surface area is 73.4 Å². The van der Waals surface area contributed by atoms with Crippen LogP contribution in [0.1, 0.15) is 20.3 Å². The zero-order valence-corrected chi connectivity index (χ0v) is 7.79. The van der Waals surface area contributed by atoms with Gasteiger partial charge in [-0.15, -0.1) is 0 Å². The first-order chi connectivity index (χ1) is 5.59. The fourth-order valence-electron chi connectivity index (χ4n) is 1.68. The summed E-state index contributed by atoms with van der Waals surface area (Å²) in [6.07, 6.45) is 0.627. The number of hydrogen-bond acceptors (Lipinski definition) is 3. The van der Waals surface area contributed by atoms with E-state index in [0.717, 1.165) is 19.5 Å². The summed E-state index contributed by atoms with van der Waals surface area (Å²) in [6.45, 7) is 5.87. The first-order valence-corrected chi connectivity index (χ1v) is 4.49. The van der Waals surface area contributed by atoms with Crippen molar-refractivity contribution in [2.75, 3.05) is 19.6 Å². The Balaban J connectivity index is 2.35. The van der Waals surface area contributed by atoms with Crippen molar-refractivity contribution in [3.8, 4) is 0 Å². The Morgan fingerprint density at radius 1 is 1.67 bits per heavy atom. The normalized spacial score (nSPS) is 31.9. The maximum atomic E-state index is 10.8. The highest BCUT2D eigenvalue weighted by Gasteiger charge is 2.24. The SMILES string of the molecule is CC(=O)CN1CCC(O)C(C)C1. The molecule has 1 saturated heterocycles. The van der Waals surface area contributed by atoms with E-state index in [0.29, 0.717) is 12.5 Å². The van der Waals surface area contributed by atoms with Crippen molar-refractivity contribution in [3.05, 3.63) is 0 Å². The maximum Gasteiger partial charge on any atom is 0.143 e. The molecule has 70 valence electrons. The molecular weight excluding hydrogens is 154 g/mol. The molecule has 0 aromatic heterocycles. The molecule has 12 heavy (non-hydrogen) atoms. The summed E-state index contributed by atoms with van der Waals surface area (Å²) < 4.78 is 0. The third-order valence-corrected chi connectivity index (χ3v) is 2.39. The van der Waals surface area contributed by atoms with Gasteiger partial charge in [0.15, 0.2) is 0 Å². The number of aliphatic hydroxyl groups excluding tert-OH is 1. The second-order valence-corrected chi connectivity index (χ2v) is 3.77. The first kappa shape index (κ1) is 9.68. The van der Waals surface area contributed by atoms with Gasteiger partial charge >= 0.3 is 0 Å². The quantitative estimate of drug-likeness (QED) is 0.648. The molecular formula is C9H17NO2. The van der Waals surface area contributed by atoms with E-state index in [9.17, 15) is 9.90 Å². The molecule has 0 aromatic carbocycles. The molecule has 0 aliphatic carbocycles. The fraction of sp³-hybridized carbons (Fsp3) is 0.889. The van der Waals surface area contributed by atoms with Crippen LogP contribution < -0.4 is 0 Å². The lowest BCUT2D eigenvalue weighted by Gasteiger charge is -2.33. The minimum atomic E-state index is -0.173. The van der Waals surface area contributed by atoms with Gasteiger partial charge in [-0.25, -0.2) is 0 Å². The second-order valence-electron chi connectivity index (χ2n) is 3.77. The van der Waals surface area contributed by atoms with Gasteiger partial charge in [-0.2, -0.15) is 0 Å². The van der Waals surface area contributed by atoms with E-state index in [2.05, 4.69) is 4.90 Å². The summed E-state index contributed by atoms with van der Waals surface area (Å²) in [4.78, 5) is 12.9. The van der Waals surface area contributed by atoms with Crippen LogP contribution in [0.25, 0.3) is 0 Å². The van der Waals surface area contributed by atoms with Crippen molar-refractivity contribution < 1.29 is 9.90 Å². The molecule has 2 atom stereocenters. The fourth-order valence-corrected chi connectivity index (χ4v) is 1.68. The highest BCUT2D eigenvalue weighted by Crippen LogP contribution is 2.15. The average molecular weight is 171 g/mol. The third kappa shape index (κ3) is 2.57. The van der Waals surface area contributed by atoms with Crippen molar-refractivity contribution in [2.45, 2.75) is 26.4 Å². The minimum Gasteiger partial charge on any atom is -0.393 e. The van der Waals surface area contributed by atoms with Gasteiger partial charge in [0.2, 0.25) is 0 Å². The van der Waals surface area contributed by atoms with Crippen molar-refractivity contribution in [3.63, 3.8) is 0 Å². The van der Waals surface area contributed by atoms with E-state index < -0.39 is 0 Å². The number of likely N-dealkylation sites (tertiary alicyclic amines) is 1. The summed E-state index contributed by atoms with van der Waals surface area (Å²) in [5.74, 6) is 0.511. The summed E-state index contributed by atoms with van der Waals surface area (Å²) in [5, 5.41) is 9.42. The Hall–Kier alpha value is -0.410. The molecule has 2 unspecified atom stereocenters. The van der Waals surface area contributed by atoms with Crippen LogP contribution in [0.2, 0.25) is 0 Å². The van der Waals surface area contributed by atoms with E-state index in [4.69, 9.17) is 0 Å². The molecule has 1 fully saturated rings. The molecule has 3 heteroatoms. The molecule has 0 aromatic rings. The van der Waals surface area contributed by atoms with E-state index in [-0.39, 0.29) is 11.9 Å². The molecule has 1 aliphatic heterocycles. The van der Waals surface area contributed by atoms with Crippen LogP contribution in [0.15, 0.2) is 0 Å². The first-order valence-electron chi connectivity index (χ1n) is 4.49. The summed E-state index contributed by atoms with van der Waals surface area (Å²) in [6, 6.07) is 0. The average Bonchev–Trinajstić information content (AvgIpc) is 1.96. The van der Waals surface area contributed by atoms with E-state index >= 15 is 0 Å². The highest BCUT2D eigenvalue weighted by atomic mass is 16.3. The van der Waals surface area contributed by atoms with Crippen LogP contribution in [-0.4, -0.2) is 41.5 Å². The number of aliphatic hydroxyl groups is 1. The van der Waals surface area contributed by atoms with Crippen LogP contribution in [0, 0.1) is 5.92 Å². The molecule has 0 radical (unpaired) electrons. The molecule has 1 aliphatic rings. The largest absolute Gasteiger partial charge is 0.393 e. The number of carbonyl (C=O) groups excluding carboxylic acids is 1. The zero-order valence-electron chi connectivity index (χ0n) is 7.79. The molecule has 0 amide bonds. The van der Waals surface area contributed by atoms with Crippen LogP contribution in [0.4, 0.5) is 0 Å². The second kappa shape index (κ2) is 4.01. The molecule has 0 bridgehead atoms. The predicted molar refractivity (Wildman–Crippen MR) is 46.9 cm³/mol. The van der Waals surface area contributed by atoms with Gasteiger partial charge in [0.1, 0.15) is 5.78 Å². The van der Waals surface area contributed by atoms with Gasteiger partial charge < -0.3 is 5.11 Å². The Bertz CT molecular complexity index is 170. The van der Waals surface area contributed by atoms with Crippen LogP contribution >= 0.6 is 0 Å². The highest BCUT2D eigenvalue weighted by molar-refractivity contribution is 5.77. The lowest BCUT2D eigenvalue weighted by atomic mass is 9.97. The van der Waals surface area contributed by atoms with Crippen molar-refractivity contribution >= 4 is 5.78 Å². The van der Waals surface area contributed by atoms with Gasteiger partial charge in [-0.05, 0) is 19.3 Å². The Kier molecular flexibility index (Phi) is 3.23. The number of Topliss-reactive ketones (excluding diaryl/α,β-unsaturated/α-hetero) is 1. The number of hydrogen-bond donors (Lipinski definition) is 1. The third-order valence-electron chi connectivity index (χ3n) is 2.39. The topological polar surface area (TPSA) is 40.5 Å². The Morgan fingerprint density at radius 2 is 2.33 bits per heavy atom. The summed E-state index contributed by atoms with van der Waals surface area (Å²) >= 11 is 0. The van der Waals surface area contributed by atoms with Gasteiger partial charge in [0.25, 0.3) is 0 Å². The molecule has 1 heterocycles. The van der Waals surface area contributed by atoms with Gasteiger partial charge in [0.05, 0.1) is 12.6 Å². The molecule has 0 spiro atoms. The standard InChI is InChI=1S/C9H17NO2/c1-7-5-10(6-8(2)11)4-3-9(7)12/h7,9,12H,3-6H2,1-2H3. The number of carbonyl (C=O) groups is 1. The van der Waals surface area contributed by atoms with Gasteiger partial charge in [0, 0.05) is 13.1 Å². The minimum absolute atomic E-state index is 0.173. The monoisotopic (exact) mass is 171 g/mol. The zero-order chi connectivity index (χ0) is 9.14. The van der Waals surface area contributed by atoms with Crippen molar-refractivity contribution in [1.29, 1.82) is 0 Å².